The Kier molecular flexibility index (Phi) is 7.80. The van der Waals surface area contributed by atoms with Crippen LogP contribution in [0.2, 0.25) is 0 Å². The Morgan fingerprint density at radius 2 is 0.841 bits per heavy atom. The fourth-order valence-corrected chi connectivity index (χ4v) is 9.44. The van der Waals surface area contributed by atoms with E-state index >= 15 is 0 Å². The number of benzene rings is 9. The first kappa shape index (κ1) is 35.2. The van der Waals surface area contributed by atoms with Crippen LogP contribution in [-0.2, 0) is 0 Å². The molecule has 0 bridgehead atoms. The van der Waals surface area contributed by atoms with Crippen LogP contribution in [0.4, 0.5) is 0 Å². The van der Waals surface area contributed by atoms with Crippen molar-refractivity contribution in [3.8, 4) is 62.1 Å². The molecule has 0 aliphatic carbocycles. The van der Waals surface area contributed by atoms with Crippen LogP contribution in [0.1, 0.15) is 0 Å². The van der Waals surface area contributed by atoms with Gasteiger partial charge in [0.2, 0.25) is 0 Å². The second-order valence-corrected chi connectivity index (χ2v) is 15.9. The minimum Gasteiger partial charge on any atom is -0.455 e. The van der Waals surface area contributed by atoms with Crippen molar-refractivity contribution >= 4 is 65.7 Å². The minimum absolute atomic E-state index is 0.569. The molecule has 9 aromatic carbocycles. The highest BCUT2D eigenvalue weighted by atomic mass is 16.3. The number of aromatic nitrogens is 4. The molecule has 63 heavy (non-hydrogen) atoms. The fourth-order valence-electron chi connectivity index (χ4n) is 9.44. The zero-order chi connectivity index (χ0) is 41.4. The van der Waals surface area contributed by atoms with E-state index in [-0.39, 0.29) is 0 Å². The molecular weight excluding hydrogens is 773 g/mol. The molecule has 0 N–H and O–H groups in total. The highest BCUT2D eigenvalue weighted by Gasteiger charge is 2.23. The van der Waals surface area contributed by atoms with Crippen molar-refractivity contribution in [1.82, 2.24) is 19.5 Å². The number of hydrogen-bond donors (Lipinski definition) is 0. The van der Waals surface area contributed by atoms with E-state index in [4.69, 9.17) is 23.8 Å². The summed E-state index contributed by atoms with van der Waals surface area (Å²) in [5.41, 5.74) is 13.6. The summed E-state index contributed by atoms with van der Waals surface area (Å²) in [4.78, 5) is 15.5. The fraction of sp³-hybridized carbons (Fsp3) is 0. The summed E-state index contributed by atoms with van der Waals surface area (Å²) in [5.74, 6) is 1.75. The highest BCUT2D eigenvalue weighted by Crippen LogP contribution is 2.44. The third-order valence-electron chi connectivity index (χ3n) is 12.3. The van der Waals surface area contributed by atoms with Crippen molar-refractivity contribution in [1.29, 1.82) is 0 Å². The van der Waals surface area contributed by atoms with Gasteiger partial charge in [-0.15, -0.1) is 0 Å². The lowest BCUT2D eigenvalue weighted by Crippen LogP contribution is -2.00. The van der Waals surface area contributed by atoms with Gasteiger partial charge >= 0.3 is 0 Å². The number of nitrogens with zero attached hydrogens (tertiary/aromatic N) is 4. The van der Waals surface area contributed by atoms with Gasteiger partial charge in [0.05, 0.1) is 11.0 Å². The molecule has 0 spiro atoms. The van der Waals surface area contributed by atoms with Gasteiger partial charge in [0.15, 0.2) is 17.5 Å². The van der Waals surface area contributed by atoms with Crippen LogP contribution in [0.3, 0.4) is 0 Å². The third kappa shape index (κ3) is 5.55. The van der Waals surface area contributed by atoms with E-state index in [1.807, 2.05) is 60.7 Å². The van der Waals surface area contributed by atoms with Crippen LogP contribution in [0.25, 0.3) is 128 Å². The summed E-state index contributed by atoms with van der Waals surface area (Å²) in [6.45, 7) is 0. The monoisotopic (exact) mass is 806 g/mol. The SMILES string of the molecule is c1ccc(-c2nc(-c3ccc(-c4cccc5c4oc4ccccc45)cc3)nc(-c3cccc4oc5c(-c6cccc7c8ccccc8n(-c8ccccc8)c67)cccc5c34)n2)cc1. The average Bonchev–Trinajstić information content (AvgIpc) is 4.04. The quantitative estimate of drug-likeness (QED) is 0.167. The standard InChI is InChI=1S/C57H34N4O2/c1-3-15-36(16-4-1)55-58-56(37-33-31-35(32-34-37)39-21-11-24-44-41-20-8-10-29-49(41)62-53(39)44)60-57(59-55)47-27-14-30-50-51(47)46-26-13-25-45(54(46)63-50)43-23-12-22-42-40-19-7-9-28-48(40)61(52(42)43)38-17-5-2-6-18-38/h1-34H. The maximum Gasteiger partial charge on any atom is 0.164 e. The van der Waals surface area contributed by atoms with E-state index in [2.05, 4.69) is 150 Å². The maximum absolute atomic E-state index is 6.92. The molecule has 4 heterocycles. The van der Waals surface area contributed by atoms with E-state index in [0.29, 0.717) is 17.5 Å². The van der Waals surface area contributed by atoms with Crippen molar-refractivity contribution < 1.29 is 8.83 Å². The summed E-state index contributed by atoms with van der Waals surface area (Å²) in [6.07, 6.45) is 0. The summed E-state index contributed by atoms with van der Waals surface area (Å²) in [6, 6.07) is 71.3. The largest absolute Gasteiger partial charge is 0.455 e. The van der Waals surface area contributed by atoms with Gasteiger partial charge < -0.3 is 13.4 Å². The Morgan fingerprint density at radius 1 is 0.317 bits per heavy atom. The van der Waals surface area contributed by atoms with Gasteiger partial charge in [-0.05, 0) is 35.9 Å². The van der Waals surface area contributed by atoms with Gasteiger partial charge in [-0.2, -0.15) is 0 Å². The molecule has 0 radical (unpaired) electrons. The predicted molar refractivity (Wildman–Crippen MR) is 256 cm³/mol. The van der Waals surface area contributed by atoms with Gasteiger partial charge in [0.25, 0.3) is 0 Å². The number of furan rings is 2. The summed E-state index contributed by atoms with van der Waals surface area (Å²) in [5, 5.41) is 6.54. The van der Waals surface area contributed by atoms with Crippen LogP contribution < -0.4 is 0 Å². The van der Waals surface area contributed by atoms with Crippen LogP contribution in [0.5, 0.6) is 0 Å². The van der Waals surface area contributed by atoms with E-state index in [1.165, 1.54) is 10.8 Å². The number of para-hydroxylation sites is 6. The van der Waals surface area contributed by atoms with Crippen molar-refractivity contribution in [3.05, 3.63) is 206 Å². The van der Waals surface area contributed by atoms with Gasteiger partial charge in [0.1, 0.15) is 22.3 Å². The van der Waals surface area contributed by atoms with Gasteiger partial charge in [-0.25, -0.2) is 15.0 Å². The Hall–Kier alpha value is -8.61. The molecule has 0 aliphatic rings. The summed E-state index contributed by atoms with van der Waals surface area (Å²) < 4.78 is 15.7. The molecule has 0 unspecified atom stereocenters. The number of fused-ring (bicyclic) bond motifs is 9. The van der Waals surface area contributed by atoms with Crippen molar-refractivity contribution in [2.24, 2.45) is 0 Å². The first-order valence-corrected chi connectivity index (χ1v) is 21.1. The Bertz CT molecular complexity index is 3900. The topological polar surface area (TPSA) is 69.9 Å². The summed E-state index contributed by atoms with van der Waals surface area (Å²) >= 11 is 0. The average molecular weight is 807 g/mol. The van der Waals surface area contributed by atoms with Crippen LogP contribution in [-0.4, -0.2) is 19.5 Å². The van der Waals surface area contributed by atoms with Crippen LogP contribution in [0.15, 0.2) is 215 Å². The molecule has 0 fully saturated rings. The molecule has 294 valence electrons. The lowest BCUT2D eigenvalue weighted by atomic mass is 9.98. The summed E-state index contributed by atoms with van der Waals surface area (Å²) in [7, 11) is 0. The molecule has 0 amide bonds. The predicted octanol–water partition coefficient (Wildman–Crippen LogP) is 15.1. The first-order chi connectivity index (χ1) is 31.2. The normalized spacial score (nSPS) is 11.8. The van der Waals surface area contributed by atoms with E-state index in [9.17, 15) is 0 Å². The molecule has 0 saturated carbocycles. The smallest absolute Gasteiger partial charge is 0.164 e. The van der Waals surface area contributed by atoms with Crippen LogP contribution in [0, 0.1) is 0 Å². The van der Waals surface area contributed by atoms with E-state index in [1.54, 1.807) is 0 Å². The van der Waals surface area contributed by atoms with E-state index < -0.39 is 0 Å². The van der Waals surface area contributed by atoms with Gasteiger partial charge in [-0.1, -0.05) is 176 Å². The molecule has 0 atom stereocenters. The second-order valence-electron chi connectivity index (χ2n) is 15.9. The van der Waals surface area contributed by atoms with Crippen molar-refractivity contribution in [2.45, 2.75) is 0 Å². The van der Waals surface area contributed by atoms with Gasteiger partial charge in [-0.3, -0.25) is 0 Å². The molecule has 0 saturated heterocycles. The third-order valence-corrected chi connectivity index (χ3v) is 12.3. The lowest BCUT2D eigenvalue weighted by molar-refractivity contribution is 0.669. The highest BCUT2D eigenvalue weighted by molar-refractivity contribution is 6.19. The molecule has 13 aromatic rings. The molecule has 6 nitrogen and oxygen atoms in total. The van der Waals surface area contributed by atoms with Crippen LogP contribution >= 0.6 is 0 Å². The Labute approximate surface area is 361 Å². The number of rotatable bonds is 6. The van der Waals surface area contributed by atoms with Gasteiger partial charge in [0, 0.05) is 71.4 Å². The molecule has 4 aromatic heterocycles. The second kappa shape index (κ2) is 14.0. The zero-order valence-corrected chi connectivity index (χ0v) is 33.7. The Morgan fingerprint density at radius 3 is 1.65 bits per heavy atom. The molecule has 6 heteroatoms. The minimum atomic E-state index is 0.569. The van der Waals surface area contributed by atoms with E-state index in [0.717, 1.165) is 99.5 Å². The molecule has 0 aliphatic heterocycles. The lowest BCUT2D eigenvalue weighted by Gasteiger charge is -2.12. The molecular formula is C57H34N4O2. The maximum atomic E-state index is 6.92. The number of hydrogen-bond acceptors (Lipinski definition) is 5. The molecule has 13 rings (SSSR count). The van der Waals surface area contributed by atoms with Crippen molar-refractivity contribution in [2.75, 3.05) is 0 Å². The Balaban J connectivity index is 0.980. The zero-order valence-electron chi connectivity index (χ0n) is 33.7. The van der Waals surface area contributed by atoms with Crippen molar-refractivity contribution in [3.63, 3.8) is 0 Å². The first-order valence-electron chi connectivity index (χ1n) is 21.1.